The van der Waals surface area contributed by atoms with Crippen molar-refractivity contribution >= 4 is 41.6 Å². The van der Waals surface area contributed by atoms with E-state index in [1.54, 1.807) is 6.92 Å². The van der Waals surface area contributed by atoms with E-state index in [0.29, 0.717) is 22.7 Å². The fourth-order valence-corrected chi connectivity index (χ4v) is 2.82. The monoisotopic (exact) mass is 397 g/mol. The first-order valence-electron chi connectivity index (χ1n) is 6.30. The zero-order chi connectivity index (χ0) is 16.2. The summed E-state index contributed by atoms with van der Waals surface area (Å²) in [5, 5.41) is 2.76. The molecular weight excluding hydrogens is 382 g/mol. The quantitative estimate of drug-likeness (QED) is 0.748. The second-order valence-electron chi connectivity index (χ2n) is 4.93. The Morgan fingerprint density at radius 3 is 2.48 bits per heavy atom. The van der Waals surface area contributed by atoms with Gasteiger partial charge in [0.1, 0.15) is 5.75 Å². The summed E-state index contributed by atoms with van der Waals surface area (Å²) >= 11 is 3.20. The van der Waals surface area contributed by atoms with Gasteiger partial charge in [-0.1, -0.05) is 13.8 Å². The lowest BCUT2D eigenvalue weighted by atomic mass is 10.2. The number of nitrogens with one attached hydrogen (secondary N) is 1. The molecule has 1 atom stereocenters. The van der Waals surface area contributed by atoms with E-state index in [-0.39, 0.29) is 10.8 Å². The summed E-state index contributed by atoms with van der Waals surface area (Å²) in [5.74, 6) is 0.483. The maximum absolute atomic E-state index is 11.8. The number of carbonyl (C=O) groups is 1. The summed E-state index contributed by atoms with van der Waals surface area (Å²) in [7, 11) is 1.46. The molecule has 0 aliphatic rings. The first-order chi connectivity index (χ1) is 9.61. The molecule has 0 bridgehead atoms. The van der Waals surface area contributed by atoms with Crippen LogP contribution in [-0.4, -0.2) is 27.0 Å². The average Bonchev–Trinajstić information content (AvgIpc) is 2.36. The molecule has 0 fully saturated rings. The molecule has 0 radical (unpaired) electrons. The summed E-state index contributed by atoms with van der Waals surface area (Å²) in [6.07, 6.45) is -0.696. The molecule has 1 amide bonds. The third-order valence-corrected chi connectivity index (χ3v) is 4.51. The molecule has 21 heavy (non-hydrogen) atoms. The molecule has 0 aliphatic heterocycles. The highest BCUT2D eigenvalue weighted by Gasteiger charge is 2.18. The highest BCUT2D eigenvalue weighted by Crippen LogP contribution is 2.29. The van der Waals surface area contributed by atoms with Crippen LogP contribution in [0.1, 0.15) is 20.8 Å². The maximum Gasteiger partial charge on any atom is 0.261 e. The standard InChI is InChI=1S/C13H17BrClNO4S/c1-8(2)7-16-13(17)9(3)20-12-5-4-10(6-11(12)14)21(15,18)19/h4-6,8-9H,7H2,1-3H3,(H,16,17). The number of halogens is 2. The van der Waals surface area contributed by atoms with Crippen LogP contribution < -0.4 is 10.1 Å². The number of carbonyl (C=O) groups excluding carboxylic acids is 1. The van der Waals surface area contributed by atoms with Gasteiger partial charge < -0.3 is 10.1 Å². The van der Waals surface area contributed by atoms with Crippen LogP contribution >= 0.6 is 26.6 Å². The normalized spacial score (nSPS) is 13.0. The molecule has 0 aromatic heterocycles. The highest BCUT2D eigenvalue weighted by molar-refractivity contribution is 9.10. The van der Waals surface area contributed by atoms with E-state index < -0.39 is 15.2 Å². The van der Waals surface area contributed by atoms with Gasteiger partial charge in [-0.05, 0) is 47.0 Å². The summed E-state index contributed by atoms with van der Waals surface area (Å²) in [6.45, 7) is 6.17. The van der Waals surface area contributed by atoms with E-state index in [4.69, 9.17) is 15.4 Å². The molecule has 1 aromatic carbocycles. The number of hydrogen-bond acceptors (Lipinski definition) is 4. The second-order valence-corrected chi connectivity index (χ2v) is 8.35. The minimum atomic E-state index is -3.80. The molecule has 0 aliphatic carbocycles. The molecule has 1 unspecified atom stereocenters. The predicted molar refractivity (Wildman–Crippen MR) is 85.1 cm³/mol. The van der Waals surface area contributed by atoms with Gasteiger partial charge in [0.2, 0.25) is 0 Å². The molecule has 8 heteroatoms. The molecule has 0 saturated heterocycles. The Morgan fingerprint density at radius 2 is 2.00 bits per heavy atom. The zero-order valence-corrected chi connectivity index (χ0v) is 15.0. The molecule has 0 heterocycles. The highest BCUT2D eigenvalue weighted by atomic mass is 79.9. The van der Waals surface area contributed by atoms with Crippen LogP contribution in [-0.2, 0) is 13.8 Å². The van der Waals surface area contributed by atoms with Gasteiger partial charge in [0.15, 0.2) is 6.10 Å². The van der Waals surface area contributed by atoms with E-state index in [0.717, 1.165) is 0 Å². The van der Waals surface area contributed by atoms with Gasteiger partial charge in [-0.2, -0.15) is 0 Å². The lowest BCUT2D eigenvalue weighted by Crippen LogP contribution is -2.38. The van der Waals surface area contributed by atoms with Crippen LogP contribution in [0.2, 0.25) is 0 Å². The van der Waals surface area contributed by atoms with Gasteiger partial charge in [-0.15, -0.1) is 0 Å². The Morgan fingerprint density at radius 1 is 1.38 bits per heavy atom. The molecule has 5 nitrogen and oxygen atoms in total. The van der Waals surface area contributed by atoms with Gasteiger partial charge in [0.05, 0.1) is 9.37 Å². The smallest absolute Gasteiger partial charge is 0.261 e. The summed E-state index contributed by atoms with van der Waals surface area (Å²) < 4.78 is 28.4. The zero-order valence-electron chi connectivity index (χ0n) is 11.9. The Hall–Kier alpha value is -0.790. The summed E-state index contributed by atoms with van der Waals surface area (Å²) in [4.78, 5) is 11.8. The van der Waals surface area contributed by atoms with E-state index >= 15 is 0 Å². The molecule has 1 aromatic rings. The molecule has 1 rings (SSSR count). The van der Waals surface area contributed by atoms with Crippen molar-refractivity contribution in [1.82, 2.24) is 5.32 Å². The van der Waals surface area contributed by atoms with E-state index in [1.807, 2.05) is 13.8 Å². The first-order valence-corrected chi connectivity index (χ1v) is 9.40. The van der Waals surface area contributed by atoms with E-state index in [9.17, 15) is 13.2 Å². The number of benzene rings is 1. The Kier molecular flexibility index (Phi) is 6.49. The molecular formula is C13H17BrClNO4S. The van der Waals surface area contributed by atoms with Gasteiger partial charge >= 0.3 is 0 Å². The fraction of sp³-hybridized carbons (Fsp3) is 0.462. The number of hydrogen-bond donors (Lipinski definition) is 1. The molecule has 1 N–H and O–H groups in total. The van der Waals surface area contributed by atoms with E-state index in [2.05, 4.69) is 21.2 Å². The van der Waals surface area contributed by atoms with Crippen molar-refractivity contribution in [2.45, 2.75) is 31.8 Å². The van der Waals surface area contributed by atoms with Crippen molar-refractivity contribution in [2.24, 2.45) is 5.92 Å². The summed E-state index contributed by atoms with van der Waals surface area (Å²) in [5.41, 5.74) is 0. The molecule has 0 spiro atoms. The second kappa shape index (κ2) is 7.47. The van der Waals surface area contributed by atoms with Crippen molar-refractivity contribution < 1.29 is 17.9 Å². The number of ether oxygens (including phenoxy) is 1. The van der Waals surface area contributed by atoms with Gasteiger partial charge in [-0.3, -0.25) is 4.79 Å². The third-order valence-electron chi connectivity index (χ3n) is 2.54. The van der Waals surface area contributed by atoms with Crippen LogP contribution in [0.15, 0.2) is 27.6 Å². The molecule has 118 valence electrons. The van der Waals surface area contributed by atoms with Crippen LogP contribution in [0.3, 0.4) is 0 Å². The topological polar surface area (TPSA) is 72.5 Å². The third kappa shape index (κ3) is 5.84. The Labute approximate surface area is 137 Å². The average molecular weight is 399 g/mol. The Balaban J connectivity index is 2.77. The minimum absolute atomic E-state index is 0.0414. The van der Waals surface area contributed by atoms with Crippen LogP contribution in [0.25, 0.3) is 0 Å². The fourth-order valence-electron chi connectivity index (χ4n) is 1.42. The largest absolute Gasteiger partial charge is 0.480 e. The van der Waals surface area contributed by atoms with Gasteiger partial charge in [0.25, 0.3) is 15.0 Å². The predicted octanol–water partition coefficient (Wildman–Crippen LogP) is 2.92. The van der Waals surface area contributed by atoms with Crippen molar-refractivity contribution in [1.29, 1.82) is 0 Å². The Bertz CT molecular complexity index is 619. The van der Waals surface area contributed by atoms with Crippen molar-refractivity contribution in [2.75, 3.05) is 6.54 Å². The minimum Gasteiger partial charge on any atom is -0.480 e. The van der Waals surface area contributed by atoms with Gasteiger partial charge in [-0.25, -0.2) is 8.42 Å². The molecule has 0 saturated carbocycles. The van der Waals surface area contributed by atoms with E-state index in [1.165, 1.54) is 18.2 Å². The lowest BCUT2D eigenvalue weighted by molar-refractivity contribution is -0.127. The van der Waals surface area contributed by atoms with Crippen LogP contribution in [0.5, 0.6) is 5.75 Å². The maximum atomic E-state index is 11.8. The van der Waals surface area contributed by atoms with Crippen molar-refractivity contribution in [3.8, 4) is 5.75 Å². The van der Waals surface area contributed by atoms with Crippen molar-refractivity contribution in [3.63, 3.8) is 0 Å². The SMILES string of the molecule is CC(C)CNC(=O)C(C)Oc1ccc(S(=O)(=O)Cl)cc1Br. The van der Waals surface area contributed by atoms with Crippen molar-refractivity contribution in [3.05, 3.63) is 22.7 Å². The summed E-state index contributed by atoms with van der Waals surface area (Å²) in [6, 6.07) is 4.10. The van der Waals surface area contributed by atoms with Gasteiger partial charge in [0, 0.05) is 17.2 Å². The number of amides is 1. The van der Waals surface area contributed by atoms with Crippen LogP contribution in [0.4, 0.5) is 0 Å². The first kappa shape index (κ1) is 18.3. The lowest BCUT2D eigenvalue weighted by Gasteiger charge is -2.16. The number of rotatable bonds is 6. The van der Waals surface area contributed by atoms with Crippen LogP contribution in [0, 0.1) is 5.92 Å².